The van der Waals surface area contributed by atoms with Crippen LogP contribution in [-0.4, -0.2) is 14.5 Å². The van der Waals surface area contributed by atoms with Gasteiger partial charge < -0.3 is 0 Å². The highest BCUT2D eigenvalue weighted by Gasteiger charge is 2.30. The molecule has 1 rings (SSSR count). The van der Waals surface area contributed by atoms with Crippen molar-refractivity contribution in [3.05, 3.63) is 47.0 Å². The van der Waals surface area contributed by atoms with Gasteiger partial charge in [-0.05, 0) is 52.2 Å². The Kier molecular flexibility index (Phi) is 6.17. The fourth-order valence-electron chi connectivity index (χ4n) is 1.91. The molecule has 4 heteroatoms. The van der Waals surface area contributed by atoms with Gasteiger partial charge in [0.15, 0.2) is 0 Å². The minimum absolute atomic E-state index is 0.274. The molecule has 0 aromatic heterocycles. The first kappa shape index (κ1) is 17.6. The van der Waals surface area contributed by atoms with Gasteiger partial charge in [0.2, 0.25) is 0 Å². The minimum Gasteiger partial charge on any atom is -0.242 e. The molecule has 1 aromatic rings. The Bertz CT molecular complexity index is 495. The second kappa shape index (κ2) is 7.01. The third kappa shape index (κ3) is 5.15. The van der Waals surface area contributed by atoms with E-state index in [1.54, 1.807) is 0 Å². The monoisotopic (exact) mass is 357 g/mol. The molecule has 0 radical (unpaired) electrons. The SMILES string of the molecule is C=CC[C@@](C)(Cc1ccccc1Br)N[S@@](=O)C(C)(C)C. The van der Waals surface area contributed by atoms with Crippen molar-refractivity contribution in [1.82, 2.24) is 4.72 Å². The first-order valence-corrected chi connectivity index (χ1v) is 8.66. The average molecular weight is 358 g/mol. The zero-order chi connectivity index (χ0) is 15.4. The van der Waals surface area contributed by atoms with Crippen molar-refractivity contribution < 1.29 is 4.21 Å². The molecule has 0 aliphatic heterocycles. The molecule has 2 atom stereocenters. The van der Waals surface area contributed by atoms with Gasteiger partial charge >= 0.3 is 0 Å². The topological polar surface area (TPSA) is 29.1 Å². The zero-order valence-electron chi connectivity index (χ0n) is 12.7. The highest BCUT2D eigenvalue weighted by molar-refractivity contribution is 9.10. The fraction of sp³-hybridized carbons (Fsp3) is 0.500. The molecule has 1 aromatic carbocycles. The van der Waals surface area contributed by atoms with E-state index in [1.165, 1.54) is 5.56 Å². The number of hydrogen-bond donors (Lipinski definition) is 1. The highest BCUT2D eigenvalue weighted by Crippen LogP contribution is 2.25. The molecule has 0 aliphatic carbocycles. The summed E-state index contributed by atoms with van der Waals surface area (Å²) in [6, 6.07) is 8.14. The molecule has 1 N–H and O–H groups in total. The summed E-state index contributed by atoms with van der Waals surface area (Å²) in [4.78, 5) is 0. The van der Waals surface area contributed by atoms with Crippen molar-refractivity contribution in [2.24, 2.45) is 0 Å². The van der Waals surface area contributed by atoms with Gasteiger partial charge in [-0.15, -0.1) is 6.58 Å². The number of benzene rings is 1. The van der Waals surface area contributed by atoms with E-state index in [0.29, 0.717) is 0 Å². The molecule has 2 nitrogen and oxygen atoms in total. The molecule has 0 fully saturated rings. The standard InChI is InChI=1S/C16H24BrNOS/c1-6-11-16(5,18-20(19)15(2,3)4)12-13-9-7-8-10-14(13)17/h6-10,18H,1,11-12H2,2-5H3/t16-,20-/m0/s1. The van der Waals surface area contributed by atoms with Crippen LogP contribution in [0, 0.1) is 0 Å². The van der Waals surface area contributed by atoms with Crippen LogP contribution in [-0.2, 0) is 17.4 Å². The number of rotatable bonds is 6. The van der Waals surface area contributed by atoms with Crippen LogP contribution in [0.15, 0.2) is 41.4 Å². The third-order valence-corrected chi connectivity index (χ3v) is 5.59. The van der Waals surface area contributed by atoms with Crippen molar-refractivity contribution in [2.45, 2.75) is 50.8 Å². The zero-order valence-corrected chi connectivity index (χ0v) is 15.1. The summed E-state index contributed by atoms with van der Waals surface area (Å²) >= 11 is 3.58. The van der Waals surface area contributed by atoms with Crippen LogP contribution >= 0.6 is 15.9 Å². The van der Waals surface area contributed by atoms with Gasteiger partial charge in [0.05, 0.1) is 15.7 Å². The van der Waals surface area contributed by atoms with Crippen LogP contribution in [0.3, 0.4) is 0 Å². The maximum Gasteiger partial charge on any atom is 0.0975 e. The van der Waals surface area contributed by atoms with E-state index < -0.39 is 11.0 Å². The molecule has 0 amide bonds. The second-order valence-corrected chi connectivity index (χ2v) is 9.13. The van der Waals surface area contributed by atoms with E-state index in [-0.39, 0.29) is 10.3 Å². The van der Waals surface area contributed by atoms with Crippen molar-refractivity contribution in [3.63, 3.8) is 0 Å². The van der Waals surface area contributed by atoms with Gasteiger partial charge in [-0.3, -0.25) is 0 Å². The number of hydrogen-bond acceptors (Lipinski definition) is 1. The van der Waals surface area contributed by atoms with Gasteiger partial charge in [0, 0.05) is 10.0 Å². The average Bonchev–Trinajstić information content (AvgIpc) is 2.31. The van der Waals surface area contributed by atoms with E-state index in [2.05, 4.69) is 40.2 Å². The van der Waals surface area contributed by atoms with Crippen LogP contribution < -0.4 is 4.72 Å². The molecular formula is C16H24BrNOS. The highest BCUT2D eigenvalue weighted by atomic mass is 79.9. The first-order chi connectivity index (χ1) is 9.18. The Labute approximate surface area is 133 Å². The van der Waals surface area contributed by atoms with Crippen LogP contribution in [0.5, 0.6) is 0 Å². The second-order valence-electron chi connectivity index (χ2n) is 6.30. The van der Waals surface area contributed by atoms with Crippen molar-refractivity contribution >= 4 is 26.9 Å². The van der Waals surface area contributed by atoms with Gasteiger partial charge in [-0.1, -0.05) is 40.2 Å². The molecule has 20 heavy (non-hydrogen) atoms. The molecule has 112 valence electrons. The summed E-state index contributed by atoms with van der Waals surface area (Å²) < 4.78 is 16.5. The lowest BCUT2D eigenvalue weighted by atomic mass is 9.91. The molecule has 0 bridgehead atoms. The summed E-state index contributed by atoms with van der Waals surface area (Å²) in [5.74, 6) is 0. The predicted octanol–water partition coefficient (Wildman–Crippen LogP) is 4.38. The van der Waals surface area contributed by atoms with Gasteiger partial charge in [-0.2, -0.15) is 0 Å². The Balaban J connectivity index is 2.95. The van der Waals surface area contributed by atoms with E-state index in [0.717, 1.165) is 17.3 Å². The Morgan fingerprint density at radius 1 is 1.30 bits per heavy atom. The lowest BCUT2D eigenvalue weighted by molar-refractivity contribution is 0.424. The van der Waals surface area contributed by atoms with Crippen LogP contribution in [0.1, 0.15) is 39.7 Å². The third-order valence-electron chi connectivity index (χ3n) is 3.03. The van der Waals surface area contributed by atoms with Crippen molar-refractivity contribution in [1.29, 1.82) is 0 Å². The molecule has 0 heterocycles. The Morgan fingerprint density at radius 2 is 1.90 bits per heavy atom. The molecule has 0 aliphatic rings. The molecule has 0 saturated carbocycles. The quantitative estimate of drug-likeness (QED) is 0.752. The lowest BCUT2D eigenvalue weighted by Crippen LogP contribution is -2.49. The van der Waals surface area contributed by atoms with Gasteiger partial charge in [0.1, 0.15) is 0 Å². The summed E-state index contributed by atoms with van der Waals surface area (Å²) in [6.07, 6.45) is 3.43. The van der Waals surface area contributed by atoms with Crippen LogP contribution in [0.4, 0.5) is 0 Å². The fourth-order valence-corrected chi connectivity index (χ4v) is 3.24. The molecule has 0 spiro atoms. The maximum absolute atomic E-state index is 12.4. The van der Waals surface area contributed by atoms with E-state index in [1.807, 2.05) is 45.0 Å². The van der Waals surface area contributed by atoms with E-state index in [9.17, 15) is 4.21 Å². The van der Waals surface area contributed by atoms with E-state index >= 15 is 0 Å². The summed E-state index contributed by atoms with van der Waals surface area (Å²) in [7, 11) is -1.10. The Morgan fingerprint density at radius 3 is 2.40 bits per heavy atom. The van der Waals surface area contributed by atoms with E-state index in [4.69, 9.17) is 0 Å². The predicted molar refractivity (Wildman–Crippen MR) is 92.1 cm³/mol. The van der Waals surface area contributed by atoms with Crippen LogP contribution in [0.25, 0.3) is 0 Å². The van der Waals surface area contributed by atoms with Gasteiger partial charge in [-0.25, -0.2) is 8.93 Å². The molecule has 0 unspecified atom stereocenters. The smallest absolute Gasteiger partial charge is 0.0975 e. The Hall–Kier alpha value is -0.450. The summed E-state index contributed by atoms with van der Waals surface area (Å²) in [5, 5.41) is 0. The summed E-state index contributed by atoms with van der Waals surface area (Å²) in [5.41, 5.74) is 0.930. The van der Waals surface area contributed by atoms with Crippen molar-refractivity contribution in [2.75, 3.05) is 0 Å². The number of nitrogens with one attached hydrogen (secondary N) is 1. The van der Waals surface area contributed by atoms with Crippen molar-refractivity contribution in [3.8, 4) is 0 Å². The molecule has 0 saturated heterocycles. The maximum atomic E-state index is 12.4. The van der Waals surface area contributed by atoms with Gasteiger partial charge in [0.25, 0.3) is 0 Å². The first-order valence-electron chi connectivity index (χ1n) is 6.72. The van der Waals surface area contributed by atoms with Crippen LogP contribution in [0.2, 0.25) is 0 Å². The number of halogens is 1. The lowest BCUT2D eigenvalue weighted by Gasteiger charge is -2.33. The summed E-state index contributed by atoms with van der Waals surface area (Å²) in [6.45, 7) is 11.8. The normalized spacial score (nSPS) is 16.4. The largest absolute Gasteiger partial charge is 0.242 e. The minimum atomic E-state index is -1.10. The molecular weight excluding hydrogens is 334 g/mol.